The van der Waals surface area contributed by atoms with Crippen LogP contribution < -0.4 is 10.6 Å². The second-order valence-electron chi connectivity index (χ2n) is 11.9. The molecule has 3 saturated carbocycles. The molecule has 0 saturated heterocycles. The van der Waals surface area contributed by atoms with Gasteiger partial charge in [0.05, 0.1) is 33.0 Å². The molecule has 44 heavy (non-hydrogen) atoms. The number of fused-ring (bicyclic) bond motifs is 2. The third-order valence-electron chi connectivity index (χ3n) is 9.32. The van der Waals surface area contributed by atoms with Crippen molar-refractivity contribution >= 4 is 38.9 Å². The van der Waals surface area contributed by atoms with Gasteiger partial charge in [-0.15, -0.1) is 0 Å². The molecular formula is C29H32ClF3N2O8S. The molecule has 10 nitrogen and oxygen atoms in total. The molecule has 6 N–H and O–H groups in total. The first-order valence-corrected chi connectivity index (χ1v) is 16.1. The number of carbonyl (C=O) groups is 2. The lowest BCUT2D eigenvalue weighted by Crippen LogP contribution is -2.58. The summed E-state index contributed by atoms with van der Waals surface area (Å²) in [6.45, 7) is -0.298. The van der Waals surface area contributed by atoms with Crippen molar-refractivity contribution in [3.8, 4) is 0 Å². The van der Waals surface area contributed by atoms with Crippen molar-refractivity contribution in [3.05, 3.63) is 58.4 Å². The second kappa shape index (κ2) is 12.2. The number of rotatable bonds is 8. The van der Waals surface area contributed by atoms with Gasteiger partial charge in [-0.25, -0.2) is 21.6 Å². The van der Waals surface area contributed by atoms with Gasteiger partial charge in [0.25, 0.3) is 5.91 Å². The average Bonchev–Trinajstić information content (AvgIpc) is 3.36. The molecule has 5 rings (SSSR count). The van der Waals surface area contributed by atoms with Crippen molar-refractivity contribution in [1.82, 2.24) is 5.32 Å². The number of aliphatic hydroxyl groups excluding tert-OH is 3. The fourth-order valence-electron chi connectivity index (χ4n) is 6.93. The van der Waals surface area contributed by atoms with Crippen LogP contribution in [0, 0.1) is 35.2 Å². The minimum atomic E-state index is -4.18. The number of carbonyl (C=O) groups excluding carboxylic acids is 2. The molecule has 0 heterocycles. The molecule has 2 aromatic carbocycles. The number of benzene rings is 2. The number of sulfone groups is 1. The summed E-state index contributed by atoms with van der Waals surface area (Å²) in [5, 5.41) is 45.6. The molecule has 3 aliphatic rings. The number of nitrogens with one attached hydrogen (secondary N) is 2. The number of anilines is 1. The van der Waals surface area contributed by atoms with E-state index < -0.39 is 86.0 Å². The third-order valence-corrected chi connectivity index (χ3v) is 12.0. The highest BCUT2D eigenvalue weighted by Gasteiger charge is 2.59. The van der Waals surface area contributed by atoms with E-state index in [1.165, 1.54) is 12.1 Å². The maximum absolute atomic E-state index is 13.8. The predicted molar refractivity (Wildman–Crippen MR) is 151 cm³/mol. The molecule has 3 aliphatic carbocycles. The highest BCUT2D eigenvalue weighted by molar-refractivity contribution is 7.92. The van der Waals surface area contributed by atoms with Crippen LogP contribution in [-0.2, 0) is 14.6 Å². The summed E-state index contributed by atoms with van der Waals surface area (Å²) < 4.78 is 68.0. The minimum Gasteiger partial charge on any atom is -0.390 e. The number of hydrogen-bond acceptors (Lipinski definition) is 8. The Bertz CT molecular complexity index is 1530. The van der Waals surface area contributed by atoms with Crippen LogP contribution in [0.5, 0.6) is 0 Å². The number of amides is 2. The van der Waals surface area contributed by atoms with Gasteiger partial charge in [-0.2, -0.15) is 0 Å². The van der Waals surface area contributed by atoms with Crippen LogP contribution in [0.25, 0.3) is 0 Å². The molecule has 5 unspecified atom stereocenters. The summed E-state index contributed by atoms with van der Waals surface area (Å²) in [5.74, 6) is -8.04. The van der Waals surface area contributed by atoms with E-state index in [9.17, 15) is 51.6 Å². The Balaban J connectivity index is 1.28. The number of halogens is 4. The highest BCUT2D eigenvalue weighted by atomic mass is 35.5. The average molecular weight is 661 g/mol. The predicted octanol–water partition coefficient (Wildman–Crippen LogP) is 2.31. The zero-order valence-electron chi connectivity index (χ0n) is 23.2. The number of hydrogen-bond donors (Lipinski definition) is 6. The van der Waals surface area contributed by atoms with E-state index in [1.54, 1.807) is 0 Å². The van der Waals surface area contributed by atoms with Crippen LogP contribution in [0.1, 0.15) is 48.9 Å². The molecule has 2 amide bonds. The van der Waals surface area contributed by atoms with Crippen LogP contribution in [0.4, 0.5) is 18.9 Å². The fraction of sp³-hybridized carbons (Fsp3) is 0.517. The van der Waals surface area contributed by atoms with E-state index in [-0.39, 0.29) is 53.4 Å². The van der Waals surface area contributed by atoms with E-state index >= 15 is 0 Å². The molecule has 0 aliphatic heterocycles. The van der Waals surface area contributed by atoms with E-state index in [0.717, 1.165) is 6.07 Å². The van der Waals surface area contributed by atoms with Gasteiger partial charge in [0.15, 0.2) is 27.3 Å². The molecule has 2 aromatic rings. The lowest BCUT2D eigenvalue weighted by molar-refractivity contribution is -0.144. The zero-order valence-corrected chi connectivity index (χ0v) is 24.8. The topological polar surface area (TPSA) is 173 Å². The summed E-state index contributed by atoms with van der Waals surface area (Å²) in [7, 11) is -4.18. The maximum Gasteiger partial charge on any atom is 0.255 e. The fourth-order valence-corrected chi connectivity index (χ4v) is 9.33. The van der Waals surface area contributed by atoms with Crippen molar-refractivity contribution < 1.29 is 51.6 Å². The van der Waals surface area contributed by atoms with E-state index in [4.69, 9.17) is 11.6 Å². The lowest BCUT2D eigenvalue weighted by Gasteiger charge is -2.45. The monoisotopic (exact) mass is 660 g/mol. The molecule has 2 bridgehead atoms. The Kier molecular flexibility index (Phi) is 9.06. The normalized spacial score (nSPS) is 30.6. The first kappa shape index (κ1) is 32.6. The molecule has 5 atom stereocenters. The summed E-state index contributed by atoms with van der Waals surface area (Å²) in [6, 6.07) is 4.59. The Hall–Kier alpha value is -2.75. The Morgan fingerprint density at radius 1 is 0.977 bits per heavy atom. The van der Waals surface area contributed by atoms with Gasteiger partial charge in [0.1, 0.15) is 6.10 Å². The van der Waals surface area contributed by atoms with Crippen LogP contribution >= 0.6 is 11.6 Å². The Morgan fingerprint density at radius 3 is 2.11 bits per heavy atom. The number of aliphatic hydroxyl groups is 4. The van der Waals surface area contributed by atoms with Crippen LogP contribution in [0.15, 0.2) is 35.2 Å². The summed E-state index contributed by atoms with van der Waals surface area (Å²) >= 11 is 6.25. The molecule has 15 heteroatoms. The first-order chi connectivity index (χ1) is 20.6. The minimum absolute atomic E-state index is 0.0256. The van der Waals surface area contributed by atoms with E-state index in [2.05, 4.69) is 10.6 Å². The largest absolute Gasteiger partial charge is 0.390 e. The van der Waals surface area contributed by atoms with Crippen molar-refractivity contribution in [3.63, 3.8) is 0 Å². The first-order valence-electron chi connectivity index (χ1n) is 14.2. The maximum atomic E-state index is 13.8. The van der Waals surface area contributed by atoms with Gasteiger partial charge in [0.2, 0.25) is 5.91 Å². The van der Waals surface area contributed by atoms with Gasteiger partial charge in [-0.1, -0.05) is 11.6 Å². The van der Waals surface area contributed by atoms with Gasteiger partial charge in [-0.3, -0.25) is 9.59 Å². The van der Waals surface area contributed by atoms with Crippen LogP contribution in [0.3, 0.4) is 0 Å². The standard InChI is InChI=1S/C29H32ClF3N2O8S/c30-19-4-1-13(28(40)35-17-10-20(31)26(33)21(32)11-17)7-24(19)44(42,43)18-8-15-2-3-16(9-18)29(15,41)25(38)12-34-27(39)14-5-22(36)23(37)6-14/h1,4,7,10-11,14-16,18,22-23,25,36-38,41H,2-3,5-6,8-9,12H2,(H,34,39)(H,35,40). The lowest BCUT2D eigenvalue weighted by atomic mass is 9.71. The molecule has 0 aromatic heterocycles. The van der Waals surface area contributed by atoms with Crippen molar-refractivity contribution in [2.75, 3.05) is 11.9 Å². The summed E-state index contributed by atoms with van der Waals surface area (Å²) in [4.78, 5) is 24.9. The van der Waals surface area contributed by atoms with Crippen molar-refractivity contribution in [2.24, 2.45) is 17.8 Å². The molecular weight excluding hydrogens is 629 g/mol. The van der Waals surface area contributed by atoms with Crippen molar-refractivity contribution in [1.29, 1.82) is 0 Å². The van der Waals surface area contributed by atoms with Gasteiger partial charge in [0, 0.05) is 35.8 Å². The Morgan fingerprint density at radius 2 is 1.55 bits per heavy atom. The second-order valence-corrected chi connectivity index (χ2v) is 14.5. The molecule has 0 spiro atoms. The van der Waals surface area contributed by atoms with E-state index in [1.807, 2.05) is 0 Å². The van der Waals surface area contributed by atoms with Gasteiger partial charge >= 0.3 is 0 Å². The summed E-state index contributed by atoms with van der Waals surface area (Å²) in [5.41, 5.74) is -2.25. The smallest absolute Gasteiger partial charge is 0.255 e. The molecule has 240 valence electrons. The quantitative estimate of drug-likeness (QED) is 0.234. The Labute approximate surface area is 256 Å². The highest BCUT2D eigenvalue weighted by Crippen LogP contribution is 2.53. The third kappa shape index (κ3) is 5.95. The zero-order chi connectivity index (χ0) is 32.1. The SMILES string of the molecule is O=C(Nc1cc(F)c(F)c(F)c1)c1ccc(Cl)c(S(=O)(=O)C2CC3CCC(C2)C3(O)C(O)CNC(=O)C2CC(O)C(O)C2)c1. The van der Waals surface area contributed by atoms with Crippen LogP contribution in [-0.4, -0.2) is 76.4 Å². The van der Waals surface area contributed by atoms with Crippen LogP contribution in [0.2, 0.25) is 5.02 Å². The van der Waals surface area contributed by atoms with Crippen molar-refractivity contribution in [2.45, 2.75) is 72.6 Å². The van der Waals surface area contributed by atoms with E-state index in [0.29, 0.717) is 25.0 Å². The van der Waals surface area contributed by atoms with Gasteiger partial charge < -0.3 is 31.1 Å². The summed E-state index contributed by atoms with van der Waals surface area (Å²) in [6.07, 6.45) is -2.47. The van der Waals surface area contributed by atoms with Gasteiger partial charge in [-0.05, 0) is 68.6 Å². The molecule has 3 fully saturated rings. The molecule has 0 radical (unpaired) electrons.